The average molecular weight is 377 g/mol. The summed E-state index contributed by atoms with van der Waals surface area (Å²) in [6.45, 7) is 13.7. The van der Waals surface area contributed by atoms with E-state index >= 15 is 0 Å². The lowest BCUT2D eigenvalue weighted by Crippen LogP contribution is -2.53. The maximum atomic E-state index is 6.32. The number of allylic oxidation sites excluding steroid dienone is 1. The van der Waals surface area contributed by atoms with Gasteiger partial charge in [0.2, 0.25) is 0 Å². The number of epoxide rings is 2. The molecule has 0 amide bonds. The normalized spacial score (nSPS) is 41.4. The van der Waals surface area contributed by atoms with Gasteiger partial charge in [-0.15, -0.1) is 0 Å². The third-order valence-electron chi connectivity index (χ3n) is 7.53. The number of rotatable bonds is 9. The van der Waals surface area contributed by atoms with Crippen LogP contribution in [0.15, 0.2) is 11.6 Å². The molecule has 3 atom stereocenters. The molecule has 3 saturated heterocycles. The first-order valence-corrected chi connectivity index (χ1v) is 11.4. The van der Waals surface area contributed by atoms with Crippen LogP contribution in [0, 0.1) is 5.92 Å². The van der Waals surface area contributed by atoms with Crippen molar-refractivity contribution in [3.05, 3.63) is 11.6 Å². The second kappa shape index (κ2) is 7.78. The number of hydrogen-bond acceptors (Lipinski definition) is 4. The Morgan fingerprint density at radius 3 is 2.59 bits per heavy atom. The highest BCUT2D eigenvalue weighted by atomic mass is 16.7. The molecule has 0 aromatic rings. The van der Waals surface area contributed by atoms with Gasteiger partial charge in [0.15, 0.2) is 0 Å². The molecule has 4 nitrogen and oxygen atoms in total. The predicted molar refractivity (Wildman–Crippen MR) is 110 cm³/mol. The second-order valence-corrected chi connectivity index (χ2v) is 9.92. The molecular weight excluding hydrogens is 336 g/mol. The first-order chi connectivity index (χ1) is 13.0. The largest absolute Gasteiger partial charge is 0.363 e. The van der Waals surface area contributed by atoms with E-state index in [2.05, 4.69) is 44.0 Å². The number of likely N-dealkylation sites (tertiary alicyclic amines) is 1. The third kappa shape index (κ3) is 4.14. The minimum absolute atomic E-state index is 0.0207. The molecule has 3 heterocycles. The maximum Gasteiger partial charge on any atom is 0.121 e. The fraction of sp³-hybridized carbons (Fsp3) is 0.913. The molecule has 0 bridgehead atoms. The topological polar surface area (TPSA) is 40.3 Å². The monoisotopic (exact) mass is 376 g/mol. The van der Waals surface area contributed by atoms with Gasteiger partial charge in [-0.1, -0.05) is 18.6 Å². The van der Waals surface area contributed by atoms with Crippen LogP contribution in [-0.4, -0.2) is 60.5 Å². The van der Waals surface area contributed by atoms with Crippen LogP contribution in [0.2, 0.25) is 0 Å². The van der Waals surface area contributed by atoms with Crippen molar-refractivity contribution in [2.75, 3.05) is 26.2 Å². The van der Waals surface area contributed by atoms with Gasteiger partial charge >= 0.3 is 0 Å². The van der Waals surface area contributed by atoms with Crippen LogP contribution in [0.1, 0.15) is 72.6 Å². The van der Waals surface area contributed by atoms with Crippen LogP contribution in [0.5, 0.6) is 0 Å². The number of ether oxygens (including phenoxy) is 2. The Morgan fingerprint density at radius 1 is 1.19 bits per heavy atom. The molecule has 4 fully saturated rings. The van der Waals surface area contributed by atoms with Gasteiger partial charge in [-0.3, -0.25) is 4.90 Å². The Bertz CT molecular complexity index is 545. The van der Waals surface area contributed by atoms with E-state index in [1.807, 2.05) is 0 Å². The molecular formula is C23H40N2O2. The first kappa shape index (κ1) is 19.9. The van der Waals surface area contributed by atoms with E-state index in [4.69, 9.17) is 9.47 Å². The smallest absolute Gasteiger partial charge is 0.121 e. The Morgan fingerprint density at radius 2 is 1.93 bits per heavy atom. The van der Waals surface area contributed by atoms with E-state index in [1.165, 1.54) is 63.7 Å². The lowest BCUT2D eigenvalue weighted by atomic mass is 9.78. The highest BCUT2D eigenvalue weighted by Crippen LogP contribution is 2.60. The fourth-order valence-electron chi connectivity index (χ4n) is 5.59. The van der Waals surface area contributed by atoms with Crippen LogP contribution in [-0.2, 0) is 9.47 Å². The summed E-state index contributed by atoms with van der Waals surface area (Å²) in [5.41, 5.74) is 1.52. The molecule has 1 aliphatic carbocycles. The van der Waals surface area contributed by atoms with E-state index in [0.717, 1.165) is 24.9 Å². The summed E-state index contributed by atoms with van der Waals surface area (Å²) in [5.74, 6) is 0.944. The van der Waals surface area contributed by atoms with Gasteiger partial charge in [0.1, 0.15) is 11.7 Å². The van der Waals surface area contributed by atoms with E-state index in [0.29, 0.717) is 12.2 Å². The predicted octanol–water partition coefficient (Wildman–Crippen LogP) is 3.90. The molecule has 1 saturated carbocycles. The molecule has 27 heavy (non-hydrogen) atoms. The Kier molecular flexibility index (Phi) is 5.73. The van der Waals surface area contributed by atoms with E-state index in [-0.39, 0.29) is 11.2 Å². The van der Waals surface area contributed by atoms with Gasteiger partial charge in [-0.05, 0) is 84.7 Å². The van der Waals surface area contributed by atoms with Gasteiger partial charge in [0, 0.05) is 19.1 Å². The quantitative estimate of drug-likeness (QED) is 0.376. The average Bonchev–Trinajstić information content (AvgIpc) is 3.49. The van der Waals surface area contributed by atoms with Gasteiger partial charge in [0.05, 0.1) is 11.7 Å². The van der Waals surface area contributed by atoms with Gasteiger partial charge in [-0.2, -0.15) is 0 Å². The summed E-state index contributed by atoms with van der Waals surface area (Å²) >= 11 is 0. The van der Waals surface area contributed by atoms with Crippen molar-refractivity contribution in [1.29, 1.82) is 0 Å². The molecule has 3 aliphatic heterocycles. The number of nitrogens with one attached hydrogen (secondary N) is 1. The van der Waals surface area contributed by atoms with Crippen molar-refractivity contribution in [3.63, 3.8) is 0 Å². The molecule has 154 valence electrons. The number of hydrogen-bond donors (Lipinski definition) is 1. The molecule has 1 unspecified atom stereocenters. The van der Waals surface area contributed by atoms with Crippen molar-refractivity contribution in [2.24, 2.45) is 5.92 Å². The van der Waals surface area contributed by atoms with Gasteiger partial charge in [0.25, 0.3) is 0 Å². The lowest BCUT2D eigenvalue weighted by Gasteiger charge is -2.46. The molecule has 0 radical (unpaired) electrons. The van der Waals surface area contributed by atoms with E-state index < -0.39 is 0 Å². The zero-order valence-electron chi connectivity index (χ0n) is 17.9. The first-order valence-electron chi connectivity index (χ1n) is 11.4. The van der Waals surface area contributed by atoms with Crippen molar-refractivity contribution in [3.8, 4) is 0 Å². The maximum absolute atomic E-state index is 6.32. The molecule has 1 spiro atoms. The molecule has 4 rings (SSSR count). The molecule has 4 heteroatoms. The Balaban J connectivity index is 1.16. The zero-order valence-corrected chi connectivity index (χ0v) is 17.9. The zero-order chi connectivity index (χ0) is 19.1. The highest BCUT2D eigenvalue weighted by Gasteiger charge is 2.73. The Hall–Kier alpha value is -0.420. The summed E-state index contributed by atoms with van der Waals surface area (Å²) in [5, 5.41) is 3.44. The summed E-state index contributed by atoms with van der Waals surface area (Å²) in [6, 6.07) is 0.805. The van der Waals surface area contributed by atoms with Crippen LogP contribution >= 0.6 is 0 Å². The van der Waals surface area contributed by atoms with Crippen molar-refractivity contribution < 1.29 is 9.47 Å². The van der Waals surface area contributed by atoms with Crippen molar-refractivity contribution in [2.45, 2.75) is 102 Å². The SMILES string of the molecule is CCNCCCC1CN(C2CCC3(CC2)OC3[C@]2(C)O[C@@H]2CC=C(C)C)C1. The number of nitrogens with zero attached hydrogens (tertiary/aromatic N) is 1. The minimum atomic E-state index is -0.0207. The van der Waals surface area contributed by atoms with Gasteiger partial charge in [-0.25, -0.2) is 0 Å². The van der Waals surface area contributed by atoms with Crippen LogP contribution in [0.3, 0.4) is 0 Å². The summed E-state index contributed by atoms with van der Waals surface area (Å²) in [6.07, 6.45) is 11.9. The van der Waals surface area contributed by atoms with E-state index in [9.17, 15) is 0 Å². The fourth-order valence-corrected chi connectivity index (χ4v) is 5.59. The standard InChI is InChI=1S/C23H40N2O2/c1-5-24-14-6-7-18-15-25(16-18)19-10-12-23(13-11-19)21(27-23)22(4)20(26-22)9-8-17(2)3/h8,18-21,24H,5-7,9-16H2,1-4H3/t19?,20-,21?,22-,23?/m1/s1. The summed E-state index contributed by atoms with van der Waals surface area (Å²) in [7, 11) is 0. The highest BCUT2D eigenvalue weighted by molar-refractivity contribution is 5.22. The Labute approximate surface area is 166 Å². The van der Waals surface area contributed by atoms with Crippen LogP contribution < -0.4 is 5.32 Å². The van der Waals surface area contributed by atoms with Crippen molar-refractivity contribution in [1.82, 2.24) is 10.2 Å². The van der Waals surface area contributed by atoms with Gasteiger partial charge < -0.3 is 14.8 Å². The molecule has 1 N–H and O–H groups in total. The molecule has 0 aromatic carbocycles. The van der Waals surface area contributed by atoms with Crippen LogP contribution in [0.25, 0.3) is 0 Å². The van der Waals surface area contributed by atoms with Crippen LogP contribution in [0.4, 0.5) is 0 Å². The summed E-state index contributed by atoms with van der Waals surface area (Å²) in [4.78, 5) is 2.75. The third-order valence-corrected chi connectivity index (χ3v) is 7.53. The summed E-state index contributed by atoms with van der Waals surface area (Å²) < 4.78 is 12.4. The molecule has 4 aliphatic rings. The minimum Gasteiger partial charge on any atom is -0.363 e. The lowest BCUT2D eigenvalue weighted by molar-refractivity contribution is 0.0192. The van der Waals surface area contributed by atoms with Crippen molar-refractivity contribution >= 4 is 0 Å². The van der Waals surface area contributed by atoms with E-state index in [1.54, 1.807) is 0 Å². The second-order valence-electron chi connectivity index (χ2n) is 9.92. The molecule has 0 aromatic heterocycles.